The highest BCUT2D eigenvalue weighted by atomic mass is 16.1. The van der Waals surface area contributed by atoms with Gasteiger partial charge in [-0.25, -0.2) is 0 Å². The van der Waals surface area contributed by atoms with Gasteiger partial charge in [0.2, 0.25) is 5.78 Å². The number of aryl methyl sites for hydroxylation is 1. The summed E-state index contributed by atoms with van der Waals surface area (Å²) in [7, 11) is 0. The molecule has 0 unspecified atom stereocenters. The molecule has 1 fully saturated rings. The number of rotatable bonds is 3. The van der Waals surface area contributed by atoms with E-state index in [4.69, 9.17) is 0 Å². The van der Waals surface area contributed by atoms with Crippen LogP contribution in [0.15, 0.2) is 24.3 Å². The average molecular weight is 285 g/mol. The van der Waals surface area contributed by atoms with Crippen LogP contribution in [-0.2, 0) is 0 Å². The van der Waals surface area contributed by atoms with Gasteiger partial charge in [0.1, 0.15) is 6.04 Å². The molecule has 1 aromatic carbocycles. The molecule has 1 aliphatic rings. The molecule has 3 nitrogen and oxygen atoms in total. The van der Waals surface area contributed by atoms with Crippen LogP contribution in [0, 0.1) is 12.8 Å². The lowest BCUT2D eigenvalue weighted by atomic mass is 9.95. The first kappa shape index (κ1) is 14.3. The van der Waals surface area contributed by atoms with E-state index in [0.29, 0.717) is 0 Å². The van der Waals surface area contributed by atoms with Gasteiger partial charge in [0.05, 0.1) is 18.7 Å². The van der Waals surface area contributed by atoms with E-state index in [1.165, 1.54) is 17.7 Å². The third-order valence-corrected chi connectivity index (χ3v) is 5.06. The Morgan fingerprint density at radius 3 is 2.67 bits per heavy atom. The number of aromatic nitrogens is 1. The van der Waals surface area contributed by atoms with Gasteiger partial charge in [0.25, 0.3) is 0 Å². The fourth-order valence-corrected chi connectivity index (χ4v) is 3.56. The summed E-state index contributed by atoms with van der Waals surface area (Å²) in [4.78, 5) is 17.8. The van der Waals surface area contributed by atoms with E-state index in [0.717, 1.165) is 41.2 Å². The second kappa shape index (κ2) is 5.64. The van der Waals surface area contributed by atoms with E-state index in [1.54, 1.807) is 0 Å². The van der Waals surface area contributed by atoms with E-state index in [9.17, 15) is 4.79 Å². The number of Topliss-reactive ketones (excluding diaryl/α,β-unsaturated/α-hetero) is 1. The largest absolute Gasteiger partial charge is 0.358 e. The van der Waals surface area contributed by atoms with Gasteiger partial charge >= 0.3 is 0 Å². The summed E-state index contributed by atoms with van der Waals surface area (Å²) in [6.07, 6.45) is 2.47. The summed E-state index contributed by atoms with van der Waals surface area (Å²) in [5.41, 5.74) is 2.95. The SMILES string of the molecule is Cc1[nH]c2ccccc2c1C(=O)[C@H](C)[NH+]1CCC(C)CC1. The fourth-order valence-electron chi connectivity index (χ4n) is 3.56. The minimum atomic E-state index is 0.0513. The standard InChI is InChI=1S/C18H24N2O/c1-12-8-10-20(11-9-12)14(3)18(21)17-13(2)19-16-7-5-4-6-15(16)17/h4-7,12,14,19H,8-11H2,1-3H3/p+1/t14-/m0/s1. The van der Waals surface area contributed by atoms with Gasteiger partial charge in [-0.2, -0.15) is 0 Å². The number of ketones is 1. The molecule has 112 valence electrons. The number of likely N-dealkylation sites (tertiary alicyclic amines) is 1. The van der Waals surface area contributed by atoms with E-state index < -0.39 is 0 Å². The van der Waals surface area contributed by atoms with Gasteiger partial charge in [-0.3, -0.25) is 4.79 Å². The molecule has 1 aromatic heterocycles. The first-order valence-electron chi connectivity index (χ1n) is 8.04. The zero-order valence-corrected chi connectivity index (χ0v) is 13.2. The second-order valence-electron chi connectivity index (χ2n) is 6.60. The normalized spacial score (nSPS) is 24.1. The smallest absolute Gasteiger partial charge is 0.222 e. The number of piperidine rings is 1. The molecule has 0 amide bonds. The molecule has 2 heterocycles. The molecular weight excluding hydrogens is 260 g/mol. The van der Waals surface area contributed by atoms with Crippen LogP contribution in [0.3, 0.4) is 0 Å². The van der Waals surface area contributed by atoms with E-state index >= 15 is 0 Å². The van der Waals surface area contributed by atoms with Crippen LogP contribution < -0.4 is 4.90 Å². The topological polar surface area (TPSA) is 37.3 Å². The Labute approximate surface area is 126 Å². The molecule has 1 atom stereocenters. The highest BCUT2D eigenvalue weighted by Crippen LogP contribution is 2.23. The predicted octanol–water partition coefficient (Wildman–Crippen LogP) is 2.36. The van der Waals surface area contributed by atoms with Gasteiger partial charge in [0, 0.05) is 16.6 Å². The van der Waals surface area contributed by atoms with Crippen molar-refractivity contribution in [2.75, 3.05) is 13.1 Å². The van der Waals surface area contributed by atoms with Crippen molar-refractivity contribution in [1.29, 1.82) is 0 Å². The summed E-state index contributed by atoms with van der Waals surface area (Å²) in [5, 5.41) is 1.07. The number of hydrogen-bond donors (Lipinski definition) is 2. The van der Waals surface area contributed by atoms with Crippen molar-refractivity contribution in [3.8, 4) is 0 Å². The highest BCUT2D eigenvalue weighted by molar-refractivity contribution is 6.10. The van der Waals surface area contributed by atoms with Crippen LogP contribution in [0.25, 0.3) is 10.9 Å². The number of para-hydroxylation sites is 1. The number of carbonyl (C=O) groups excluding carboxylic acids is 1. The minimum absolute atomic E-state index is 0.0513. The third kappa shape index (κ3) is 2.62. The van der Waals surface area contributed by atoms with Gasteiger partial charge in [-0.05, 0) is 38.7 Å². The number of fused-ring (bicyclic) bond motifs is 1. The minimum Gasteiger partial charge on any atom is -0.358 e. The maximum absolute atomic E-state index is 13.0. The molecule has 3 heteroatoms. The number of carbonyl (C=O) groups is 1. The Balaban J connectivity index is 1.88. The Hall–Kier alpha value is -1.61. The van der Waals surface area contributed by atoms with Gasteiger partial charge in [-0.15, -0.1) is 0 Å². The molecule has 2 N–H and O–H groups in total. The quantitative estimate of drug-likeness (QED) is 0.835. The van der Waals surface area contributed by atoms with Crippen molar-refractivity contribution in [3.05, 3.63) is 35.5 Å². The Morgan fingerprint density at radius 1 is 1.29 bits per heavy atom. The number of benzene rings is 1. The van der Waals surface area contributed by atoms with Crippen molar-refractivity contribution in [2.45, 2.75) is 39.7 Å². The van der Waals surface area contributed by atoms with Crippen molar-refractivity contribution >= 4 is 16.7 Å². The molecule has 0 bridgehead atoms. The van der Waals surface area contributed by atoms with Crippen molar-refractivity contribution in [1.82, 2.24) is 4.98 Å². The number of nitrogens with one attached hydrogen (secondary N) is 2. The van der Waals surface area contributed by atoms with Crippen LogP contribution in [0.5, 0.6) is 0 Å². The zero-order chi connectivity index (χ0) is 15.0. The maximum Gasteiger partial charge on any atom is 0.222 e. The zero-order valence-electron chi connectivity index (χ0n) is 13.2. The Bertz CT molecular complexity index is 650. The number of H-pyrrole nitrogens is 1. The van der Waals surface area contributed by atoms with Crippen LogP contribution in [0.2, 0.25) is 0 Å². The van der Waals surface area contributed by atoms with Gasteiger partial charge < -0.3 is 9.88 Å². The monoisotopic (exact) mass is 285 g/mol. The summed E-state index contributed by atoms with van der Waals surface area (Å²) < 4.78 is 0. The van der Waals surface area contributed by atoms with Gasteiger partial charge in [-0.1, -0.05) is 25.1 Å². The third-order valence-electron chi connectivity index (χ3n) is 5.06. The highest BCUT2D eigenvalue weighted by Gasteiger charge is 2.31. The summed E-state index contributed by atoms with van der Waals surface area (Å²) >= 11 is 0. The van der Waals surface area contributed by atoms with Crippen molar-refractivity contribution in [2.24, 2.45) is 5.92 Å². The van der Waals surface area contributed by atoms with E-state index in [2.05, 4.69) is 18.8 Å². The van der Waals surface area contributed by atoms with Crippen molar-refractivity contribution in [3.63, 3.8) is 0 Å². The molecule has 0 radical (unpaired) electrons. The molecule has 0 aliphatic carbocycles. The van der Waals surface area contributed by atoms with Crippen LogP contribution in [0.4, 0.5) is 0 Å². The molecular formula is C18H25N2O+. The van der Waals surface area contributed by atoms with Crippen LogP contribution in [0.1, 0.15) is 42.7 Å². The lowest BCUT2D eigenvalue weighted by molar-refractivity contribution is -0.919. The molecule has 2 aromatic rings. The first-order valence-corrected chi connectivity index (χ1v) is 8.04. The summed E-state index contributed by atoms with van der Waals surface area (Å²) in [6, 6.07) is 8.15. The fraction of sp³-hybridized carbons (Fsp3) is 0.500. The second-order valence-corrected chi connectivity index (χ2v) is 6.60. The Kier molecular flexibility index (Phi) is 3.85. The first-order chi connectivity index (χ1) is 10.1. The lowest BCUT2D eigenvalue weighted by Crippen LogP contribution is -3.17. The van der Waals surface area contributed by atoms with Crippen molar-refractivity contribution < 1.29 is 9.69 Å². The van der Waals surface area contributed by atoms with E-state index in [-0.39, 0.29) is 11.8 Å². The molecule has 3 rings (SSSR count). The summed E-state index contributed by atoms with van der Waals surface area (Å²) in [6.45, 7) is 8.65. The number of hydrogen-bond acceptors (Lipinski definition) is 1. The molecule has 21 heavy (non-hydrogen) atoms. The molecule has 0 saturated carbocycles. The average Bonchev–Trinajstić information content (AvgIpc) is 2.82. The molecule has 1 saturated heterocycles. The molecule has 1 aliphatic heterocycles. The Morgan fingerprint density at radius 2 is 1.95 bits per heavy atom. The summed E-state index contributed by atoms with van der Waals surface area (Å²) in [5.74, 6) is 1.10. The maximum atomic E-state index is 13.0. The van der Waals surface area contributed by atoms with Crippen LogP contribution in [-0.4, -0.2) is 29.9 Å². The molecule has 0 spiro atoms. The number of aromatic amines is 1. The van der Waals surface area contributed by atoms with Gasteiger partial charge in [0.15, 0.2) is 0 Å². The lowest BCUT2D eigenvalue weighted by Gasteiger charge is -2.31. The predicted molar refractivity (Wildman–Crippen MR) is 85.9 cm³/mol. The number of quaternary nitrogens is 1. The van der Waals surface area contributed by atoms with Crippen LogP contribution >= 0.6 is 0 Å². The van der Waals surface area contributed by atoms with E-state index in [1.807, 2.05) is 31.2 Å².